The predicted molar refractivity (Wildman–Crippen MR) is 73.3 cm³/mol. The molecule has 2 aromatic heterocycles. The van der Waals surface area contributed by atoms with Gasteiger partial charge in [-0.2, -0.15) is 0 Å². The van der Waals surface area contributed by atoms with Gasteiger partial charge in [0.15, 0.2) is 5.65 Å². The number of nitrogens with zero attached hydrogens (tertiary/aromatic N) is 2. The molecule has 0 aliphatic rings. The third-order valence-electron chi connectivity index (χ3n) is 2.47. The van der Waals surface area contributed by atoms with Crippen molar-refractivity contribution in [3.05, 3.63) is 22.6 Å². The third-order valence-corrected chi connectivity index (χ3v) is 2.90. The van der Waals surface area contributed by atoms with Gasteiger partial charge in [0.2, 0.25) is 5.91 Å². The average molecular weight is 328 g/mol. The van der Waals surface area contributed by atoms with Crippen molar-refractivity contribution in [1.82, 2.24) is 20.3 Å². The summed E-state index contributed by atoms with van der Waals surface area (Å²) in [5, 5.41) is 2.68. The minimum Gasteiger partial charge on any atom is -0.383 e. The van der Waals surface area contributed by atoms with Gasteiger partial charge in [-0.05, 0) is 22.0 Å². The lowest BCUT2D eigenvalue weighted by Gasteiger charge is -2.09. The first-order chi connectivity index (χ1) is 9.10. The number of rotatable bonds is 5. The molecule has 0 aliphatic carbocycles. The van der Waals surface area contributed by atoms with Crippen LogP contribution < -0.4 is 11.1 Å². The van der Waals surface area contributed by atoms with Crippen LogP contribution in [-0.2, 0) is 16.1 Å². The lowest BCUT2D eigenvalue weighted by molar-refractivity contribution is -0.123. The first-order valence-electron chi connectivity index (χ1n) is 5.62. The Kier molecular flexibility index (Phi) is 4.46. The Morgan fingerprint density at radius 2 is 2.47 bits per heavy atom. The van der Waals surface area contributed by atoms with Gasteiger partial charge in [0.05, 0.1) is 18.7 Å². The molecule has 2 rings (SSSR count). The Labute approximate surface area is 118 Å². The Morgan fingerprint density at radius 1 is 1.68 bits per heavy atom. The van der Waals surface area contributed by atoms with Crippen LogP contribution in [0.4, 0.5) is 0 Å². The molecule has 0 saturated carbocycles. The van der Waals surface area contributed by atoms with Crippen molar-refractivity contribution in [1.29, 1.82) is 0 Å². The van der Waals surface area contributed by atoms with Crippen LogP contribution >= 0.6 is 15.9 Å². The van der Waals surface area contributed by atoms with Gasteiger partial charge in [-0.15, -0.1) is 0 Å². The van der Waals surface area contributed by atoms with Crippen molar-refractivity contribution in [3.8, 4) is 0 Å². The number of hydrogen-bond donors (Lipinski definition) is 3. The number of halogens is 1. The van der Waals surface area contributed by atoms with Crippen molar-refractivity contribution in [2.24, 2.45) is 5.73 Å². The number of nitrogens with two attached hydrogens (primary N) is 1. The number of H-pyrrole nitrogens is 1. The van der Waals surface area contributed by atoms with E-state index in [0.717, 1.165) is 9.99 Å². The largest absolute Gasteiger partial charge is 0.383 e. The second-order valence-electron chi connectivity index (χ2n) is 3.99. The number of amides is 1. The molecule has 19 heavy (non-hydrogen) atoms. The Morgan fingerprint density at radius 3 is 3.21 bits per heavy atom. The molecular formula is C11H14BrN5O2. The molecule has 0 bridgehead atoms. The zero-order valence-corrected chi connectivity index (χ0v) is 11.9. The number of imidazole rings is 1. The minimum absolute atomic E-state index is 0.181. The van der Waals surface area contributed by atoms with E-state index in [0.29, 0.717) is 11.5 Å². The molecule has 0 fully saturated rings. The minimum atomic E-state index is -0.679. The van der Waals surface area contributed by atoms with Gasteiger partial charge in [-0.25, -0.2) is 9.97 Å². The number of methoxy groups -OCH3 is 1. The summed E-state index contributed by atoms with van der Waals surface area (Å²) in [6.45, 7) is 0.449. The van der Waals surface area contributed by atoms with E-state index in [4.69, 9.17) is 10.5 Å². The number of carbonyl (C=O) groups excluding carboxylic acids is 1. The number of aromatic nitrogens is 3. The molecule has 1 amide bonds. The molecule has 2 heterocycles. The molecule has 0 aromatic carbocycles. The van der Waals surface area contributed by atoms with Gasteiger partial charge in [-0.1, -0.05) is 0 Å². The molecule has 0 saturated heterocycles. The Bertz CT molecular complexity index is 585. The second-order valence-corrected chi connectivity index (χ2v) is 4.90. The molecule has 0 aliphatic heterocycles. The second kappa shape index (κ2) is 6.09. The highest BCUT2D eigenvalue weighted by Crippen LogP contribution is 2.14. The molecular weight excluding hydrogens is 314 g/mol. The fraction of sp³-hybridized carbons (Fsp3) is 0.364. The number of carbonyl (C=O) groups is 1. The van der Waals surface area contributed by atoms with Gasteiger partial charge in [0, 0.05) is 17.8 Å². The van der Waals surface area contributed by atoms with E-state index in [2.05, 4.69) is 36.2 Å². The number of ether oxygens (including phenoxy) is 1. The summed E-state index contributed by atoms with van der Waals surface area (Å²) in [4.78, 5) is 23.1. The van der Waals surface area contributed by atoms with Crippen LogP contribution in [0.1, 0.15) is 5.82 Å². The smallest absolute Gasteiger partial charge is 0.239 e. The summed E-state index contributed by atoms with van der Waals surface area (Å²) in [6.07, 6.45) is 1.67. The Balaban J connectivity index is 2.00. The van der Waals surface area contributed by atoms with Crippen LogP contribution in [0.5, 0.6) is 0 Å². The van der Waals surface area contributed by atoms with E-state index in [1.807, 2.05) is 6.07 Å². The fourth-order valence-electron chi connectivity index (χ4n) is 1.57. The number of nitrogens with one attached hydrogen (secondary N) is 2. The summed E-state index contributed by atoms with van der Waals surface area (Å²) in [5.41, 5.74) is 7.01. The van der Waals surface area contributed by atoms with Crippen molar-refractivity contribution in [3.63, 3.8) is 0 Å². The first kappa shape index (κ1) is 13.9. The number of aromatic amines is 1. The highest BCUT2D eigenvalue weighted by molar-refractivity contribution is 9.10. The quantitative estimate of drug-likeness (QED) is 0.732. The molecule has 1 unspecified atom stereocenters. The van der Waals surface area contributed by atoms with E-state index in [9.17, 15) is 4.79 Å². The summed E-state index contributed by atoms with van der Waals surface area (Å²) in [6, 6.07) is 1.19. The molecule has 0 radical (unpaired) electrons. The summed E-state index contributed by atoms with van der Waals surface area (Å²) in [5.74, 6) is 0.343. The van der Waals surface area contributed by atoms with Crippen LogP contribution in [0.3, 0.4) is 0 Å². The molecule has 1 atom stereocenters. The standard InChI is InChI=1S/C11H14BrN5O2/c1-19-5-7(13)11(18)15-4-9-16-8-2-6(12)3-14-10(8)17-9/h2-3,7H,4-5,13H2,1H3,(H,15,18)(H,14,16,17). The summed E-state index contributed by atoms with van der Waals surface area (Å²) in [7, 11) is 1.50. The van der Waals surface area contributed by atoms with E-state index in [1.54, 1.807) is 6.20 Å². The van der Waals surface area contributed by atoms with E-state index >= 15 is 0 Å². The number of fused-ring (bicyclic) bond motifs is 1. The van der Waals surface area contributed by atoms with Gasteiger partial charge >= 0.3 is 0 Å². The lowest BCUT2D eigenvalue weighted by atomic mass is 10.3. The monoisotopic (exact) mass is 327 g/mol. The van der Waals surface area contributed by atoms with E-state index in [1.165, 1.54) is 7.11 Å². The zero-order valence-electron chi connectivity index (χ0n) is 10.3. The Hall–Kier alpha value is -1.51. The van der Waals surface area contributed by atoms with Crippen LogP contribution in [0.15, 0.2) is 16.7 Å². The maximum Gasteiger partial charge on any atom is 0.239 e. The lowest BCUT2D eigenvalue weighted by Crippen LogP contribution is -2.43. The predicted octanol–water partition coefficient (Wildman–Crippen LogP) is 0.310. The van der Waals surface area contributed by atoms with Gasteiger partial charge < -0.3 is 20.8 Å². The van der Waals surface area contributed by atoms with Crippen molar-refractivity contribution >= 4 is 33.0 Å². The van der Waals surface area contributed by atoms with Crippen molar-refractivity contribution in [2.75, 3.05) is 13.7 Å². The maximum absolute atomic E-state index is 11.6. The van der Waals surface area contributed by atoms with Crippen LogP contribution in [0.2, 0.25) is 0 Å². The van der Waals surface area contributed by atoms with Gasteiger partial charge in [0.25, 0.3) is 0 Å². The van der Waals surface area contributed by atoms with Crippen molar-refractivity contribution < 1.29 is 9.53 Å². The topological polar surface area (TPSA) is 106 Å². The maximum atomic E-state index is 11.6. The first-order valence-corrected chi connectivity index (χ1v) is 6.42. The molecule has 7 nitrogen and oxygen atoms in total. The summed E-state index contributed by atoms with van der Waals surface area (Å²) >= 11 is 3.33. The molecule has 4 N–H and O–H groups in total. The number of pyridine rings is 1. The highest BCUT2D eigenvalue weighted by Gasteiger charge is 2.13. The van der Waals surface area contributed by atoms with Crippen LogP contribution in [0, 0.1) is 0 Å². The summed E-state index contributed by atoms with van der Waals surface area (Å²) < 4.78 is 5.68. The molecule has 2 aromatic rings. The van der Waals surface area contributed by atoms with Crippen molar-refractivity contribution in [2.45, 2.75) is 12.6 Å². The van der Waals surface area contributed by atoms with E-state index in [-0.39, 0.29) is 19.1 Å². The van der Waals surface area contributed by atoms with Gasteiger partial charge in [0.1, 0.15) is 11.9 Å². The third kappa shape index (κ3) is 3.49. The fourth-order valence-corrected chi connectivity index (χ4v) is 1.90. The van der Waals surface area contributed by atoms with Crippen LogP contribution in [0.25, 0.3) is 11.2 Å². The normalized spacial score (nSPS) is 12.6. The zero-order chi connectivity index (χ0) is 13.8. The SMILES string of the molecule is COCC(N)C(=O)NCc1nc2ncc(Br)cc2[nH]1. The van der Waals surface area contributed by atoms with Gasteiger partial charge in [-0.3, -0.25) is 4.79 Å². The average Bonchev–Trinajstić information content (AvgIpc) is 2.78. The van der Waals surface area contributed by atoms with Crippen LogP contribution in [-0.4, -0.2) is 40.6 Å². The number of hydrogen-bond acceptors (Lipinski definition) is 5. The van der Waals surface area contributed by atoms with E-state index < -0.39 is 6.04 Å². The molecule has 0 spiro atoms. The molecule has 8 heteroatoms. The molecule has 102 valence electrons. The highest BCUT2D eigenvalue weighted by atomic mass is 79.9.